The van der Waals surface area contributed by atoms with Gasteiger partial charge in [0.15, 0.2) is 0 Å². The fourth-order valence-corrected chi connectivity index (χ4v) is 3.22. The number of amides is 2. The first-order valence-corrected chi connectivity index (χ1v) is 8.52. The Labute approximate surface area is 154 Å². The molecule has 2 unspecified atom stereocenters. The normalized spacial score (nSPS) is 20.8. The van der Waals surface area contributed by atoms with E-state index in [2.05, 4.69) is 5.32 Å². The first-order chi connectivity index (χ1) is 11.6. The molecule has 1 heterocycles. The first-order valence-electron chi connectivity index (χ1n) is 8.52. The number of halogens is 1. The number of hydrogen-bond donors (Lipinski definition) is 2. The molecular weight excluding hydrogens is 342 g/mol. The van der Waals surface area contributed by atoms with Crippen LogP contribution in [0.4, 0.5) is 0 Å². The maximum Gasteiger partial charge on any atom is 0.225 e. The average Bonchev–Trinajstić information content (AvgIpc) is 3.37. The summed E-state index contributed by atoms with van der Waals surface area (Å²) < 4.78 is 5.14. The Bertz CT molecular complexity index is 604. The molecule has 0 bridgehead atoms. The number of likely N-dealkylation sites (tertiary alicyclic amines) is 1. The molecule has 3 N–H and O–H groups in total. The summed E-state index contributed by atoms with van der Waals surface area (Å²) >= 11 is 0. The minimum Gasteiger partial charge on any atom is -0.497 e. The summed E-state index contributed by atoms with van der Waals surface area (Å²) in [6.07, 6.45) is 2.55. The lowest BCUT2D eigenvalue weighted by Gasteiger charge is -2.20. The van der Waals surface area contributed by atoms with Crippen LogP contribution in [0.5, 0.6) is 5.75 Å². The summed E-state index contributed by atoms with van der Waals surface area (Å²) in [6, 6.07) is 7.69. The van der Waals surface area contributed by atoms with Crippen molar-refractivity contribution in [1.29, 1.82) is 0 Å². The van der Waals surface area contributed by atoms with E-state index < -0.39 is 0 Å². The van der Waals surface area contributed by atoms with Gasteiger partial charge in [-0.25, -0.2) is 0 Å². The van der Waals surface area contributed by atoms with E-state index in [0.717, 1.165) is 24.2 Å². The van der Waals surface area contributed by atoms with Gasteiger partial charge in [-0.15, -0.1) is 12.4 Å². The van der Waals surface area contributed by atoms with Crippen molar-refractivity contribution in [3.8, 4) is 5.75 Å². The van der Waals surface area contributed by atoms with E-state index in [4.69, 9.17) is 10.5 Å². The monoisotopic (exact) mass is 367 g/mol. The van der Waals surface area contributed by atoms with Crippen LogP contribution in [0.15, 0.2) is 24.3 Å². The number of benzene rings is 1. The van der Waals surface area contributed by atoms with Gasteiger partial charge >= 0.3 is 0 Å². The zero-order valence-electron chi connectivity index (χ0n) is 14.4. The Balaban J connectivity index is 0.00000225. The lowest BCUT2D eigenvalue weighted by Crippen LogP contribution is -2.45. The van der Waals surface area contributed by atoms with Gasteiger partial charge in [-0.05, 0) is 36.5 Å². The van der Waals surface area contributed by atoms with Gasteiger partial charge in [0.2, 0.25) is 11.8 Å². The van der Waals surface area contributed by atoms with Crippen LogP contribution in [-0.2, 0) is 16.1 Å². The van der Waals surface area contributed by atoms with Crippen LogP contribution in [0.25, 0.3) is 0 Å². The number of methoxy groups -OCH3 is 1. The zero-order valence-corrected chi connectivity index (χ0v) is 15.3. The number of nitrogens with one attached hydrogen (secondary N) is 1. The predicted octanol–water partition coefficient (Wildman–Crippen LogP) is 1.32. The van der Waals surface area contributed by atoms with Gasteiger partial charge in [0.05, 0.1) is 13.0 Å². The number of nitrogens with zero attached hydrogens (tertiary/aromatic N) is 1. The molecule has 2 atom stereocenters. The molecule has 2 fully saturated rings. The standard InChI is InChI=1S/C18H25N3O3.ClH/c1-24-15-6-2-12(3-7-15)10-21-11-14(8-17(21)22)18(23)20-16(9-19)13-4-5-13;/h2-3,6-7,13-14,16H,4-5,8-11,19H2,1H3,(H,20,23);1H. The highest BCUT2D eigenvalue weighted by molar-refractivity contribution is 5.89. The molecule has 1 saturated carbocycles. The zero-order chi connectivity index (χ0) is 17.1. The molecule has 2 amide bonds. The topological polar surface area (TPSA) is 84.7 Å². The average molecular weight is 368 g/mol. The van der Waals surface area contributed by atoms with Crippen molar-refractivity contribution < 1.29 is 14.3 Å². The van der Waals surface area contributed by atoms with Crippen molar-refractivity contribution >= 4 is 24.2 Å². The van der Waals surface area contributed by atoms with Gasteiger partial charge in [0.25, 0.3) is 0 Å². The lowest BCUT2D eigenvalue weighted by molar-refractivity contribution is -0.129. The van der Waals surface area contributed by atoms with E-state index in [1.807, 2.05) is 24.3 Å². The third-order valence-electron chi connectivity index (χ3n) is 4.89. The lowest BCUT2D eigenvalue weighted by atomic mass is 10.1. The molecule has 138 valence electrons. The third-order valence-corrected chi connectivity index (χ3v) is 4.89. The Morgan fingerprint density at radius 1 is 1.36 bits per heavy atom. The second kappa shape index (κ2) is 8.54. The first kappa shape index (κ1) is 19.5. The van der Waals surface area contributed by atoms with Crippen molar-refractivity contribution in [2.24, 2.45) is 17.6 Å². The second-order valence-corrected chi connectivity index (χ2v) is 6.71. The molecule has 1 aromatic rings. The van der Waals surface area contributed by atoms with E-state index >= 15 is 0 Å². The van der Waals surface area contributed by atoms with E-state index in [-0.39, 0.29) is 42.6 Å². The van der Waals surface area contributed by atoms with Crippen molar-refractivity contribution in [2.45, 2.75) is 31.8 Å². The van der Waals surface area contributed by atoms with Crippen molar-refractivity contribution in [3.63, 3.8) is 0 Å². The fourth-order valence-electron chi connectivity index (χ4n) is 3.22. The molecule has 7 heteroatoms. The Kier molecular flexibility index (Phi) is 6.67. The highest BCUT2D eigenvalue weighted by atomic mass is 35.5. The Morgan fingerprint density at radius 2 is 2.04 bits per heavy atom. The molecular formula is C18H26ClN3O3. The number of carbonyl (C=O) groups excluding carboxylic acids is 2. The summed E-state index contributed by atoms with van der Waals surface area (Å²) in [7, 11) is 1.62. The molecule has 0 spiro atoms. The molecule has 1 aliphatic heterocycles. The number of hydrogen-bond acceptors (Lipinski definition) is 4. The minimum atomic E-state index is -0.274. The SMILES string of the molecule is COc1ccc(CN2CC(C(=O)NC(CN)C3CC3)CC2=O)cc1.Cl. The van der Waals surface area contributed by atoms with Gasteiger partial charge in [-0.1, -0.05) is 12.1 Å². The van der Waals surface area contributed by atoms with Crippen LogP contribution < -0.4 is 15.8 Å². The quantitative estimate of drug-likeness (QED) is 0.761. The van der Waals surface area contributed by atoms with Crippen LogP contribution >= 0.6 is 12.4 Å². The van der Waals surface area contributed by atoms with E-state index in [9.17, 15) is 9.59 Å². The second-order valence-electron chi connectivity index (χ2n) is 6.71. The summed E-state index contributed by atoms with van der Waals surface area (Å²) in [4.78, 5) is 26.4. The molecule has 25 heavy (non-hydrogen) atoms. The molecule has 1 aromatic carbocycles. The van der Waals surface area contributed by atoms with Crippen LogP contribution in [0.2, 0.25) is 0 Å². The van der Waals surface area contributed by atoms with Gasteiger partial charge in [0, 0.05) is 32.1 Å². The number of nitrogens with two attached hydrogens (primary N) is 1. The van der Waals surface area contributed by atoms with E-state index in [0.29, 0.717) is 25.6 Å². The maximum atomic E-state index is 12.4. The Hall–Kier alpha value is -1.79. The van der Waals surface area contributed by atoms with E-state index in [1.165, 1.54) is 0 Å². The molecule has 2 aliphatic rings. The maximum absolute atomic E-state index is 12.4. The van der Waals surface area contributed by atoms with Crippen LogP contribution in [-0.4, -0.2) is 43.0 Å². The third kappa shape index (κ3) is 4.86. The molecule has 0 aromatic heterocycles. The number of ether oxygens (including phenoxy) is 1. The van der Waals surface area contributed by atoms with Crippen molar-refractivity contribution in [1.82, 2.24) is 10.2 Å². The van der Waals surface area contributed by atoms with E-state index in [1.54, 1.807) is 12.0 Å². The fraction of sp³-hybridized carbons (Fsp3) is 0.556. The predicted molar refractivity (Wildman–Crippen MR) is 97.5 cm³/mol. The van der Waals surface area contributed by atoms with Gasteiger partial charge < -0.3 is 20.7 Å². The molecule has 1 saturated heterocycles. The van der Waals surface area contributed by atoms with Crippen LogP contribution in [0.1, 0.15) is 24.8 Å². The van der Waals surface area contributed by atoms with Crippen LogP contribution in [0.3, 0.4) is 0 Å². The molecule has 1 aliphatic carbocycles. The largest absolute Gasteiger partial charge is 0.497 e. The number of carbonyl (C=O) groups is 2. The van der Waals surface area contributed by atoms with Gasteiger partial charge in [-0.2, -0.15) is 0 Å². The molecule has 0 radical (unpaired) electrons. The summed E-state index contributed by atoms with van der Waals surface area (Å²) in [5.41, 5.74) is 6.77. The number of rotatable bonds is 7. The Morgan fingerprint density at radius 3 is 2.60 bits per heavy atom. The van der Waals surface area contributed by atoms with Gasteiger partial charge in [-0.3, -0.25) is 9.59 Å². The smallest absolute Gasteiger partial charge is 0.225 e. The summed E-state index contributed by atoms with van der Waals surface area (Å²) in [5, 5.41) is 3.03. The highest BCUT2D eigenvalue weighted by Gasteiger charge is 2.37. The molecule has 6 nitrogen and oxygen atoms in total. The van der Waals surface area contributed by atoms with Crippen molar-refractivity contribution in [3.05, 3.63) is 29.8 Å². The minimum absolute atomic E-state index is 0. The molecule has 3 rings (SSSR count). The van der Waals surface area contributed by atoms with Crippen molar-refractivity contribution in [2.75, 3.05) is 20.2 Å². The summed E-state index contributed by atoms with van der Waals surface area (Å²) in [6.45, 7) is 1.46. The highest BCUT2D eigenvalue weighted by Crippen LogP contribution is 2.32. The summed E-state index contributed by atoms with van der Waals surface area (Å²) in [5.74, 6) is 1.02. The van der Waals surface area contributed by atoms with Crippen LogP contribution in [0, 0.1) is 11.8 Å². The van der Waals surface area contributed by atoms with Gasteiger partial charge in [0.1, 0.15) is 5.75 Å².